The average molecular weight is 419 g/mol. The molecule has 1 fully saturated rings. The van der Waals surface area contributed by atoms with E-state index >= 15 is 0 Å². The Labute approximate surface area is 149 Å². The lowest BCUT2D eigenvalue weighted by Crippen LogP contribution is -2.33. The lowest BCUT2D eigenvalue weighted by molar-refractivity contribution is 0.310. The second-order valence-corrected chi connectivity index (χ2v) is 5.21. The summed E-state index contributed by atoms with van der Waals surface area (Å²) in [7, 11) is 1.65. The quantitative estimate of drug-likeness (QED) is 0.294. The Bertz CT molecular complexity index is 490. The molecule has 0 aromatic heterocycles. The maximum atomic E-state index is 5.80. The summed E-state index contributed by atoms with van der Waals surface area (Å²) in [5.41, 5.74) is 7.02. The van der Waals surface area contributed by atoms with Gasteiger partial charge in [0.2, 0.25) is 0 Å². The molecule has 3 N–H and O–H groups in total. The van der Waals surface area contributed by atoms with Gasteiger partial charge in [-0.2, -0.15) is 0 Å². The van der Waals surface area contributed by atoms with Gasteiger partial charge in [-0.1, -0.05) is 6.07 Å². The van der Waals surface area contributed by atoms with Crippen molar-refractivity contribution in [2.24, 2.45) is 10.7 Å². The van der Waals surface area contributed by atoms with Gasteiger partial charge >= 0.3 is 0 Å². The number of hydrogen-bond donors (Lipinski definition) is 2. The molecule has 0 unspecified atom stereocenters. The molecule has 1 aromatic carbocycles. The van der Waals surface area contributed by atoms with Crippen LogP contribution < -0.4 is 20.5 Å². The zero-order valence-corrected chi connectivity index (χ0v) is 15.6. The monoisotopic (exact) mass is 419 g/mol. The number of hydrogen-bond acceptors (Lipinski definition) is 3. The molecule has 22 heavy (non-hydrogen) atoms. The van der Waals surface area contributed by atoms with E-state index < -0.39 is 0 Å². The summed E-state index contributed by atoms with van der Waals surface area (Å²) in [6.45, 7) is 3.34. The summed E-state index contributed by atoms with van der Waals surface area (Å²) in [6.07, 6.45) is 4.33. The largest absolute Gasteiger partial charge is 0.493 e. The van der Waals surface area contributed by atoms with Crippen LogP contribution in [0.1, 0.15) is 31.7 Å². The van der Waals surface area contributed by atoms with Crippen molar-refractivity contribution in [2.75, 3.05) is 20.3 Å². The first kappa shape index (κ1) is 18.9. The highest BCUT2D eigenvalue weighted by atomic mass is 127. The van der Waals surface area contributed by atoms with Crippen molar-refractivity contribution in [3.05, 3.63) is 23.8 Å². The molecule has 1 saturated carbocycles. The molecule has 0 spiro atoms. The number of nitrogens with one attached hydrogen (secondary N) is 1. The normalized spacial score (nSPS) is 14.2. The Hall–Kier alpha value is -1.18. The van der Waals surface area contributed by atoms with Crippen molar-refractivity contribution in [2.45, 2.75) is 38.6 Å². The van der Waals surface area contributed by atoms with E-state index in [1.165, 1.54) is 18.4 Å². The van der Waals surface area contributed by atoms with Crippen LogP contribution in [0.4, 0.5) is 0 Å². The van der Waals surface area contributed by atoms with Gasteiger partial charge in [0.05, 0.1) is 13.7 Å². The van der Waals surface area contributed by atoms with Crippen molar-refractivity contribution >= 4 is 29.9 Å². The van der Waals surface area contributed by atoms with Crippen LogP contribution >= 0.6 is 24.0 Å². The molecule has 0 saturated heterocycles. The van der Waals surface area contributed by atoms with Gasteiger partial charge in [0.1, 0.15) is 0 Å². The van der Waals surface area contributed by atoms with Crippen LogP contribution in [0.3, 0.4) is 0 Å². The lowest BCUT2D eigenvalue weighted by Gasteiger charge is -2.11. The summed E-state index contributed by atoms with van der Waals surface area (Å²) in [5.74, 6) is 2.15. The molecule has 1 aliphatic carbocycles. The fourth-order valence-corrected chi connectivity index (χ4v) is 2.11. The summed E-state index contributed by atoms with van der Waals surface area (Å²) in [4.78, 5) is 4.34. The minimum Gasteiger partial charge on any atom is -0.493 e. The first-order chi connectivity index (χ1) is 10.2. The average Bonchev–Trinajstić information content (AvgIpc) is 3.28. The van der Waals surface area contributed by atoms with Crippen molar-refractivity contribution in [1.82, 2.24) is 5.32 Å². The Kier molecular flexibility index (Phi) is 8.37. The van der Waals surface area contributed by atoms with Gasteiger partial charge in [-0.05, 0) is 50.3 Å². The van der Waals surface area contributed by atoms with Gasteiger partial charge in [-0.3, -0.25) is 4.99 Å². The number of guanidine groups is 1. The fourth-order valence-electron chi connectivity index (χ4n) is 2.11. The summed E-state index contributed by atoms with van der Waals surface area (Å²) in [5, 5.41) is 3.18. The number of methoxy groups -OCH3 is 1. The highest BCUT2D eigenvalue weighted by molar-refractivity contribution is 14.0. The number of nitrogens with two attached hydrogens (primary N) is 1. The molecule has 0 atom stereocenters. The summed E-state index contributed by atoms with van der Waals surface area (Å²) in [6, 6.07) is 6.62. The first-order valence-electron chi connectivity index (χ1n) is 7.59. The van der Waals surface area contributed by atoms with Gasteiger partial charge in [-0.25, -0.2) is 0 Å². The molecule has 1 aliphatic rings. The molecule has 5 nitrogen and oxygen atoms in total. The second-order valence-electron chi connectivity index (χ2n) is 5.21. The van der Waals surface area contributed by atoms with Gasteiger partial charge in [0, 0.05) is 12.6 Å². The maximum Gasteiger partial charge on any atom is 0.188 e. The summed E-state index contributed by atoms with van der Waals surface area (Å²) >= 11 is 0. The van der Waals surface area contributed by atoms with E-state index in [4.69, 9.17) is 15.2 Å². The number of halogens is 1. The van der Waals surface area contributed by atoms with Crippen LogP contribution in [-0.2, 0) is 6.42 Å². The smallest absolute Gasteiger partial charge is 0.188 e. The van der Waals surface area contributed by atoms with E-state index in [-0.39, 0.29) is 24.0 Å². The second kappa shape index (κ2) is 9.76. The Balaban J connectivity index is 0.00000242. The van der Waals surface area contributed by atoms with Gasteiger partial charge < -0.3 is 20.5 Å². The van der Waals surface area contributed by atoms with E-state index in [0.29, 0.717) is 18.6 Å². The van der Waals surface area contributed by atoms with Crippen molar-refractivity contribution in [1.29, 1.82) is 0 Å². The van der Waals surface area contributed by atoms with Crippen LogP contribution in [0.15, 0.2) is 23.2 Å². The highest BCUT2D eigenvalue weighted by Crippen LogP contribution is 2.28. The summed E-state index contributed by atoms with van der Waals surface area (Å²) < 4.78 is 10.9. The number of aryl methyl sites for hydroxylation is 1. The maximum absolute atomic E-state index is 5.80. The number of aliphatic imine (C=N–C) groups is 1. The van der Waals surface area contributed by atoms with Crippen molar-refractivity contribution < 1.29 is 9.47 Å². The third-order valence-electron chi connectivity index (χ3n) is 3.36. The molecule has 6 heteroatoms. The molecular formula is C16H26IN3O2. The van der Waals surface area contributed by atoms with E-state index in [1.807, 2.05) is 19.1 Å². The molecule has 0 radical (unpaired) electrons. The van der Waals surface area contributed by atoms with E-state index in [9.17, 15) is 0 Å². The third-order valence-corrected chi connectivity index (χ3v) is 3.36. The number of nitrogens with zero attached hydrogens (tertiary/aromatic N) is 1. The van der Waals surface area contributed by atoms with Gasteiger partial charge in [0.25, 0.3) is 0 Å². The molecule has 0 amide bonds. The van der Waals surface area contributed by atoms with Crippen LogP contribution in [0.2, 0.25) is 0 Å². The van der Waals surface area contributed by atoms with E-state index in [1.54, 1.807) is 7.11 Å². The zero-order chi connectivity index (χ0) is 15.1. The Morgan fingerprint density at radius 2 is 2.14 bits per heavy atom. The minimum absolute atomic E-state index is 0. The topological polar surface area (TPSA) is 68.9 Å². The molecular weight excluding hydrogens is 393 g/mol. The highest BCUT2D eigenvalue weighted by Gasteiger charge is 2.21. The van der Waals surface area contributed by atoms with Crippen LogP contribution in [0.5, 0.6) is 11.5 Å². The molecule has 2 rings (SSSR count). The number of ether oxygens (including phenoxy) is 2. The fraction of sp³-hybridized carbons (Fsp3) is 0.562. The van der Waals surface area contributed by atoms with Gasteiger partial charge in [-0.15, -0.1) is 24.0 Å². The van der Waals surface area contributed by atoms with Crippen molar-refractivity contribution in [3.63, 3.8) is 0 Å². The molecule has 0 aliphatic heterocycles. The Morgan fingerprint density at radius 1 is 1.36 bits per heavy atom. The molecule has 124 valence electrons. The number of benzene rings is 1. The van der Waals surface area contributed by atoms with E-state index in [2.05, 4.69) is 16.4 Å². The molecule has 0 heterocycles. The van der Waals surface area contributed by atoms with Crippen LogP contribution in [0.25, 0.3) is 0 Å². The van der Waals surface area contributed by atoms with Crippen molar-refractivity contribution in [3.8, 4) is 11.5 Å². The predicted octanol–water partition coefficient (Wildman–Crippen LogP) is 2.71. The molecule has 1 aromatic rings. The standard InChI is InChI=1S/C16H25N3O2.HI/c1-3-21-15-11-12(6-9-14(15)20-2)5-4-10-18-16(17)19-13-7-8-13;/h6,9,11,13H,3-5,7-8,10H2,1-2H3,(H3,17,18,19);1H. The molecule has 0 bridgehead atoms. The lowest BCUT2D eigenvalue weighted by atomic mass is 10.1. The third kappa shape index (κ3) is 6.29. The Morgan fingerprint density at radius 3 is 2.77 bits per heavy atom. The first-order valence-corrected chi connectivity index (χ1v) is 7.59. The van der Waals surface area contributed by atoms with Gasteiger partial charge in [0.15, 0.2) is 17.5 Å². The van der Waals surface area contributed by atoms with Crippen LogP contribution in [-0.4, -0.2) is 32.3 Å². The predicted molar refractivity (Wildman–Crippen MR) is 101 cm³/mol. The zero-order valence-electron chi connectivity index (χ0n) is 13.3. The van der Waals surface area contributed by atoms with Crippen LogP contribution in [0, 0.1) is 0 Å². The number of rotatable bonds is 8. The SMILES string of the molecule is CCOc1cc(CCCN=C(N)NC2CC2)ccc1OC.I. The van der Waals surface area contributed by atoms with E-state index in [0.717, 1.165) is 30.9 Å². The minimum atomic E-state index is 0.